The molecule has 2 aromatic heterocycles. The maximum Gasteiger partial charge on any atom is 0.356 e. The Morgan fingerprint density at radius 3 is 2.73 bits per heavy atom. The van der Waals surface area contributed by atoms with Crippen LogP contribution in [0.3, 0.4) is 0 Å². The monoisotopic (exact) mass is 316 g/mol. The summed E-state index contributed by atoms with van der Waals surface area (Å²) >= 11 is 6.09. The van der Waals surface area contributed by atoms with Crippen LogP contribution in [0.15, 0.2) is 42.6 Å². The van der Waals surface area contributed by atoms with E-state index in [2.05, 4.69) is 4.98 Å². The molecule has 0 bridgehead atoms. The topological polar surface area (TPSA) is 63.8 Å². The Balaban J connectivity index is 1.95. The van der Waals surface area contributed by atoms with E-state index >= 15 is 0 Å². The summed E-state index contributed by atoms with van der Waals surface area (Å²) in [6.07, 6.45) is 1.72. The zero-order valence-electron chi connectivity index (χ0n) is 11.8. The van der Waals surface area contributed by atoms with Crippen LogP contribution in [-0.4, -0.2) is 20.5 Å². The minimum Gasteiger partial charge on any atom is -0.486 e. The Labute approximate surface area is 131 Å². The summed E-state index contributed by atoms with van der Waals surface area (Å²) in [5, 5.41) is 9.60. The molecular weight excluding hydrogens is 304 g/mol. The highest BCUT2D eigenvalue weighted by molar-refractivity contribution is 6.34. The van der Waals surface area contributed by atoms with Crippen LogP contribution < -0.4 is 4.74 Å². The van der Waals surface area contributed by atoms with Crippen LogP contribution in [0.25, 0.3) is 5.52 Å². The number of imidazole rings is 1. The van der Waals surface area contributed by atoms with Crippen LogP contribution in [0.1, 0.15) is 21.9 Å². The summed E-state index contributed by atoms with van der Waals surface area (Å²) in [5.41, 5.74) is 1.44. The van der Waals surface area contributed by atoms with Crippen molar-refractivity contribution in [3.05, 3.63) is 64.7 Å². The van der Waals surface area contributed by atoms with Gasteiger partial charge in [-0.1, -0.05) is 29.3 Å². The molecule has 112 valence electrons. The molecule has 1 N–H and O–H groups in total. The predicted octanol–water partition coefficient (Wildman–Crippen LogP) is 3.57. The quantitative estimate of drug-likeness (QED) is 0.799. The maximum absolute atomic E-state index is 11.3. The third-order valence-electron chi connectivity index (χ3n) is 3.28. The van der Waals surface area contributed by atoms with E-state index in [0.29, 0.717) is 22.1 Å². The zero-order chi connectivity index (χ0) is 15.7. The van der Waals surface area contributed by atoms with Crippen molar-refractivity contribution < 1.29 is 14.6 Å². The number of aryl methyl sites for hydroxylation is 1. The molecule has 1 aromatic carbocycles. The van der Waals surface area contributed by atoms with Gasteiger partial charge in [0.05, 0.1) is 10.5 Å². The number of ether oxygens (including phenoxy) is 1. The highest BCUT2D eigenvalue weighted by Gasteiger charge is 2.19. The van der Waals surface area contributed by atoms with E-state index in [9.17, 15) is 9.90 Å². The van der Waals surface area contributed by atoms with E-state index in [1.165, 1.54) is 0 Å². The van der Waals surface area contributed by atoms with Gasteiger partial charge in [0.25, 0.3) is 0 Å². The number of fused-ring (bicyclic) bond motifs is 1. The molecule has 0 unspecified atom stereocenters. The molecule has 0 amide bonds. The molecule has 0 aliphatic carbocycles. The van der Waals surface area contributed by atoms with Gasteiger partial charge in [-0.2, -0.15) is 0 Å². The third-order valence-corrected chi connectivity index (χ3v) is 3.58. The number of pyridine rings is 1. The summed E-state index contributed by atoms with van der Waals surface area (Å²) in [5.74, 6) is 0.0592. The van der Waals surface area contributed by atoms with Gasteiger partial charge in [0.15, 0.2) is 11.5 Å². The first-order chi connectivity index (χ1) is 10.6. The van der Waals surface area contributed by atoms with Gasteiger partial charge < -0.3 is 9.84 Å². The Hall–Kier alpha value is -2.53. The van der Waals surface area contributed by atoms with Gasteiger partial charge in [-0.05, 0) is 31.2 Å². The van der Waals surface area contributed by atoms with Crippen molar-refractivity contribution in [3.63, 3.8) is 0 Å². The number of halogens is 1. The number of aromatic carboxylic acids is 1. The number of benzene rings is 1. The average molecular weight is 317 g/mol. The van der Waals surface area contributed by atoms with Crippen LogP contribution >= 0.6 is 11.6 Å². The van der Waals surface area contributed by atoms with Gasteiger partial charge in [0.2, 0.25) is 0 Å². The van der Waals surface area contributed by atoms with E-state index in [0.717, 1.165) is 5.56 Å². The summed E-state index contributed by atoms with van der Waals surface area (Å²) in [6.45, 7) is 2.14. The summed E-state index contributed by atoms with van der Waals surface area (Å²) < 4.78 is 7.31. The first kappa shape index (κ1) is 14.4. The molecule has 2 heterocycles. The Morgan fingerprint density at radius 1 is 1.32 bits per heavy atom. The fourth-order valence-corrected chi connectivity index (χ4v) is 2.45. The lowest BCUT2D eigenvalue weighted by Gasteiger charge is -2.06. The molecule has 0 saturated carbocycles. The molecule has 0 fully saturated rings. The van der Waals surface area contributed by atoms with Crippen molar-refractivity contribution in [3.8, 4) is 5.75 Å². The fourth-order valence-electron chi connectivity index (χ4n) is 2.19. The number of carboxylic acid groups (broad SMARTS) is 1. The number of hydrogen-bond acceptors (Lipinski definition) is 3. The molecule has 0 atom stereocenters. The normalized spacial score (nSPS) is 10.8. The maximum atomic E-state index is 11.3. The smallest absolute Gasteiger partial charge is 0.356 e. The lowest BCUT2D eigenvalue weighted by Crippen LogP contribution is -2.01. The molecule has 0 aliphatic rings. The minimum absolute atomic E-state index is 0.0758. The van der Waals surface area contributed by atoms with Crippen LogP contribution in [-0.2, 0) is 6.61 Å². The Morgan fingerprint density at radius 2 is 2.05 bits per heavy atom. The molecule has 0 aliphatic heterocycles. The largest absolute Gasteiger partial charge is 0.486 e. The number of hydrogen-bond donors (Lipinski definition) is 1. The first-order valence-corrected chi connectivity index (χ1v) is 7.02. The van der Waals surface area contributed by atoms with Crippen molar-refractivity contribution in [2.45, 2.75) is 13.5 Å². The second-order valence-corrected chi connectivity index (χ2v) is 5.27. The van der Waals surface area contributed by atoms with Crippen molar-refractivity contribution in [1.82, 2.24) is 9.38 Å². The van der Waals surface area contributed by atoms with Gasteiger partial charge in [-0.15, -0.1) is 0 Å². The van der Waals surface area contributed by atoms with E-state index < -0.39 is 5.97 Å². The van der Waals surface area contributed by atoms with Crippen LogP contribution in [0, 0.1) is 6.92 Å². The van der Waals surface area contributed by atoms with Crippen LogP contribution in [0.5, 0.6) is 5.75 Å². The zero-order valence-corrected chi connectivity index (χ0v) is 12.5. The van der Waals surface area contributed by atoms with E-state index in [4.69, 9.17) is 16.3 Å². The van der Waals surface area contributed by atoms with Crippen molar-refractivity contribution in [2.75, 3.05) is 0 Å². The number of rotatable bonds is 4. The predicted molar refractivity (Wildman–Crippen MR) is 82.7 cm³/mol. The lowest BCUT2D eigenvalue weighted by molar-refractivity contribution is 0.0693. The van der Waals surface area contributed by atoms with E-state index in [-0.39, 0.29) is 12.3 Å². The van der Waals surface area contributed by atoms with Gasteiger partial charge in [-0.25, -0.2) is 9.78 Å². The number of carbonyl (C=O) groups is 1. The van der Waals surface area contributed by atoms with E-state index in [1.807, 2.05) is 31.2 Å². The van der Waals surface area contributed by atoms with E-state index in [1.54, 1.807) is 22.7 Å². The standard InChI is InChI=1S/C16H13ClN2O3/c1-10-4-6-11(7-5-10)22-9-13-18-14(16(20)21)15-12(17)3-2-8-19(13)15/h2-8H,9H2,1H3,(H,20,21). The SMILES string of the molecule is Cc1ccc(OCc2nc(C(=O)O)c3c(Cl)cccn23)cc1. The van der Waals surface area contributed by atoms with Crippen LogP contribution in [0.4, 0.5) is 0 Å². The van der Waals surface area contributed by atoms with Gasteiger partial charge in [0.1, 0.15) is 12.4 Å². The van der Waals surface area contributed by atoms with Crippen molar-refractivity contribution in [2.24, 2.45) is 0 Å². The number of carboxylic acids is 1. The first-order valence-electron chi connectivity index (χ1n) is 6.64. The second kappa shape index (κ2) is 5.69. The van der Waals surface area contributed by atoms with Crippen LogP contribution in [0.2, 0.25) is 5.02 Å². The Bertz CT molecular complexity index is 840. The molecule has 5 nitrogen and oxygen atoms in total. The molecule has 0 radical (unpaired) electrons. The number of aromatic nitrogens is 2. The minimum atomic E-state index is -1.12. The van der Waals surface area contributed by atoms with Gasteiger partial charge in [0, 0.05) is 6.20 Å². The lowest BCUT2D eigenvalue weighted by atomic mass is 10.2. The van der Waals surface area contributed by atoms with Gasteiger partial charge >= 0.3 is 5.97 Å². The summed E-state index contributed by atoms with van der Waals surface area (Å²) in [7, 11) is 0. The molecular formula is C16H13ClN2O3. The summed E-state index contributed by atoms with van der Waals surface area (Å²) in [6, 6.07) is 11.0. The molecule has 22 heavy (non-hydrogen) atoms. The second-order valence-electron chi connectivity index (χ2n) is 4.86. The van der Waals surface area contributed by atoms with Gasteiger partial charge in [-0.3, -0.25) is 4.40 Å². The van der Waals surface area contributed by atoms with Crippen molar-refractivity contribution >= 4 is 23.1 Å². The highest BCUT2D eigenvalue weighted by atomic mass is 35.5. The molecule has 3 rings (SSSR count). The number of nitrogens with zero attached hydrogens (tertiary/aromatic N) is 2. The summed E-state index contributed by atoms with van der Waals surface area (Å²) in [4.78, 5) is 15.5. The molecule has 0 saturated heterocycles. The molecule has 3 aromatic rings. The third kappa shape index (κ3) is 2.63. The van der Waals surface area contributed by atoms with Crippen molar-refractivity contribution in [1.29, 1.82) is 0 Å². The molecule has 6 heteroatoms. The molecule has 0 spiro atoms. The fraction of sp³-hybridized carbons (Fsp3) is 0.125. The highest BCUT2D eigenvalue weighted by Crippen LogP contribution is 2.23. The average Bonchev–Trinajstić information content (AvgIpc) is 2.87. The Kier molecular flexibility index (Phi) is 3.73.